The molecule has 1 aliphatic heterocycles. The Hall–Kier alpha value is -2.73. The summed E-state index contributed by atoms with van der Waals surface area (Å²) in [5.41, 5.74) is 8.42. The molecule has 1 aromatic heterocycles. The molecule has 0 aliphatic carbocycles. The average molecular weight is 400 g/mol. The molecule has 2 heterocycles. The second-order valence-electron chi connectivity index (χ2n) is 9.44. The largest absolute Gasteiger partial charge is 0.380 e. The fourth-order valence-electron chi connectivity index (χ4n) is 5.00. The van der Waals surface area contributed by atoms with Crippen LogP contribution >= 0.6 is 0 Å². The molecule has 1 N–H and O–H groups in total. The van der Waals surface area contributed by atoms with Crippen LogP contribution in [0.2, 0.25) is 0 Å². The molecule has 0 fully saturated rings. The number of aryl methyl sites for hydroxylation is 1. The Morgan fingerprint density at radius 3 is 2.70 bits per heavy atom. The van der Waals surface area contributed by atoms with E-state index in [1.54, 1.807) is 0 Å². The van der Waals surface area contributed by atoms with E-state index in [4.69, 9.17) is 0 Å². The Morgan fingerprint density at radius 2 is 2.00 bits per heavy atom. The first kappa shape index (κ1) is 20.5. The van der Waals surface area contributed by atoms with E-state index in [0.29, 0.717) is 6.04 Å². The van der Waals surface area contributed by atoms with Gasteiger partial charge in [0.2, 0.25) is 0 Å². The molecule has 30 heavy (non-hydrogen) atoms. The molecule has 0 bridgehead atoms. The highest BCUT2D eigenvalue weighted by molar-refractivity contribution is 5.99. The molecular formula is C27H33N3. The molecule has 3 heteroatoms. The van der Waals surface area contributed by atoms with Crippen molar-refractivity contribution < 1.29 is 0 Å². The van der Waals surface area contributed by atoms with Crippen molar-refractivity contribution in [3.05, 3.63) is 53.2 Å². The molecule has 0 amide bonds. The second kappa shape index (κ2) is 7.84. The zero-order valence-electron chi connectivity index (χ0n) is 19.0. The Balaban J connectivity index is 1.97. The van der Waals surface area contributed by atoms with E-state index in [1.807, 2.05) is 6.92 Å². The lowest BCUT2D eigenvalue weighted by molar-refractivity contribution is 0.460. The third kappa shape index (κ3) is 3.49. The fraction of sp³-hybridized carbons (Fsp3) is 0.444. The van der Waals surface area contributed by atoms with Crippen LogP contribution in [0.1, 0.15) is 76.1 Å². The summed E-state index contributed by atoms with van der Waals surface area (Å²) < 4.78 is 2.47. The number of hydrogen-bond acceptors (Lipinski definition) is 2. The summed E-state index contributed by atoms with van der Waals surface area (Å²) in [4.78, 5) is 0. The number of aromatic nitrogens is 1. The van der Waals surface area contributed by atoms with Gasteiger partial charge in [0.1, 0.15) is 0 Å². The van der Waals surface area contributed by atoms with Gasteiger partial charge in [0, 0.05) is 39.9 Å². The molecule has 3 aromatic rings. The standard InChI is InChI=1S/C27H33N3/c1-6-9-20(7-2)30-17-24(23-15-19(16-28)18(3)14-26(23)30)21-10-8-11-25-22(21)12-13-27(4,5)29-25/h8,10-11,14-15,17,20,29H,6-7,9,12-13H2,1-5H3. The van der Waals surface area contributed by atoms with Gasteiger partial charge in [-0.05, 0) is 81.3 Å². The first-order chi connectivity index (χ1) is 14.4. The number of nitriles is 1. The normalized spacial score (nSPS) is 16.0. The van der Waals surface area contributed by atoms with E-state index >= 15 is 0 Å². The molecule has 0 saturated heterocycles. The summed E-state index contributed by atoms with van der Waals surface area (Å²) in [6.07, 6.45) is 7.99. The summed E-state index contributed by atoms with van der Waals surface area (Å²) in [6.45, 7) is 11.1. The molecule has 1 unspecified atom stereocenters. The molecule has 0 spiro atoms. The summed E-state index contributed by atoms with van der Waals surface area (Å²) in [5.74, 6) is 0. The highest BCUT2D eigenvalue weighted by Crippen LogP contribution is 2.42. The monoisotopic (exact) mass is 399 g/mol. The predicted octanol–water partition coefficient (Wildman–Crippen LogP) is 7.38. The SMILES string of the molecule is CCCC(CC)n1cc(-c2cccc3c2CCC(C)(C)N3)c2cc(C#N)c(C)cc21. The number of anilines is 1. The van der Waals surface area contributed by atoms with Gasteiger partial charge < -0.3 is 9.88 Å². The van der Waals surface area contributed by atoms with Crippen LogP contribution in [0.3, 0.4) is 0 Å². The third-order valence-electron chi connectivity index (χ3n) is 6.73. The highest BCUT2D eigenvalue weighted by Gasteiger charge is 2.27. The van der Waals surface area contributed by atoms with Crippen molar-refractivity contribution in [1.29, 1.82) is 5.26 Å². The first-order valence-electron chi connectivity index (χ1n) is 11.3. The van der Waals surface area contributed by atoms with Gasteiger partial charge in [-0.25, -0.2) is 0 Å². The smallest absolute Gasteiger partial charge is 0.0994 e. The zero-order chi connectivity index (χ0) is 21.5. The number of nitrogens with one attached hydrogen (secondary N) is 1. The van der Waals surface area contributed by atoms with Crippen molar-refractivity contribution in [2.75, 3.05) is 5.32 Å². The van der Waals surface area contributed by atoms with Gasteiger partial charge in [-0.15, -0.1) is 0 Å². The van der Waals surface area contributed by atoms with Crippen LogP contribution in [0.4, 0.5) is 5.69 Å². The van der Waals surface area contributed by atoms with Crippen molar-refractivity contribution in [3.8, 4) is 17.2 Å². The summed E-state index contributed by atoms with van der Waals surface area (Å²) >= 11 is 0. The van der Waals surface area contributed by atoms with Gasteiger partial charge in [-0.1, -0.05) is 32.4 Å². The maximum absolute atomic E-state index is 9.67. The van der Waals surface area contributed by atoms with E-state index in [-0.39, 0.29) is 5.54 Å². The molecule has 0 radical (unpaired) electrons. The van der Waals surface area contributed by atoms with Gasteiger partial charge in [-0.2, -0.15) is 5.26 Å². The molecule has 4 rings (SSSR count). The van der Waals surface area contributed by atoms with Gasteiger partial charge in [0.25, 0.3) is 0 Å². The number of benzene rings is 2. The maximum Gasteiger partial charge on any atom is 0.0994 e. The van der Waals surface area contributed by atoms with Crippen LogP contribution in [-0.2, 0) is 6.42 Å². The molecule has 0 saturated carbocycles. The quantitative estimate of drug-likeness (QED) is 0.486. The van der Waals surface area contributed by atoms with E-state index < -0.39 is 0 Å². The second-order valence-corrected chi connectivity index (χ2v) is 9.44. The Kier molecular flexibility index (Phi) is 5.36. The minimum absolute atomic E-state index is 0.124. The molecule has 2 aromatic carbocycles. The van der Waals surface area contributed by atoms with Crippen molar-refractivity contribution in [3.63, 3.8) is 0 Å². The van der Waals surface area contributed by atoms with Crippen LogP contribution in [0.15, 0.2) is 36.5 Å². The Morgan fingerprint density at radius 1 is 1.20 bits per heavy atom. The van der Waals surface area contributed by atoms with Gasteiger partial charge in [0.05, 0.1) is 11.6 Å². The minimum atomic E-state index is 0.124. The summed E-state index contributed by atoms with van der Waals surface area (Å²) in [7, 11) is 0. The van der Waals surface area contributed by atoms with Crippen LogP contribution in [0.5, 0.6) is 0 Å². The Bertz CT molecular complexity index is 1130. The lowest BCUT2D eigenvalue weighted by Gasteiger charge is -2.34. The summed E-state index contributed by atoms with van der Waals surface area (Å²) in [6, 6.07) is 13.8. The molecule has 1 atom stereocenters. The van der Waals surface area contributed by atoms with E-state index in [9.17, 15) is 5.26 Å². The fourth-order valence-corrected chi connectivity index (χ4v) is 5.00. The molecular weight excluding hydrogens is 366 g/mol. The van der Waals surface area contributed by atoms with E-state index in [2.05, 4.69) is 80.2 Å². The zero-order valence-corrected chi connectivity index (χ0v) is 19.0. The molecule has 1 aliphatic rings. The number of hydrogen-bond donors (Lipinski definition) is 1. The van der Waals surface area contributed by atoms with Crippen molar-refractivity contribution in [1.82, 2.24) is 4.57 Å². The van der Waals surface area contributed by atoms with E-state index in [0.717, 1.165) is 30.4 Å². The predicted molar refractivity (Wildman–Crippen MR) is 127 cm³/mol. The van der Waals surface area contributed by atoms with Crippen LogP contribution < -0.4 is 5.32 Å². The van der Waals surface area contributed by atoms with Gasteiger partial charge >= 0.3 is 0 Å². The highest BCUT2D eigenvalue weighted by atomic mass is 15.0. The van der Waals surface area contributed by atoms with Gasteiger partial charge in [-0.3, -0.25) is 0 Å². The number of fused-ring (bicyclic) bond motifs is 2. The third-order valence-corrected chi connectivity index (χ3v) is 6.73. The average Bonchev–Trinajstić information content (AvgIpc) is 3.07. The molecule has 156 valence electrons. The lowest BCUT2D eigenvalue weighted by Crippen LogP contribution is -2.35. The number of nitrogens with zero attached hydrogens (tertiary/aromatic N) is 2. The van der Waals surface area contributed by atoms with Gasteiger partial charge in [0.15, 0.2) is 0 Å². The van der Waals surface area contributed by atoms with Crippen LogP contribution in [0, 0.1) is 18.3 Å². The van der Waals surface area contributed by atoms with Crippen LogP contribution in [-0.4, -0.2) is 10.1 Å². The van der Waals surface area contributed by atoms with Crippen LogP contribution in [0.25, 0.3) is 22.0 Å². The van der Waals surface area contributed by atoms with E-state index in [1.165, 1.54) is 46.1 Å². The van der Waals surface area contributed by atoms with Crippen molar-refractivity contribution >= 4 is 16.6 Å². The lowest BCUT2D eigenvalue weighted by atomic mass is 9.85. The van der Waals surface area contributed by atoms with Crippen molar-refractivity contribution in [2.24, 2.45) is 0 Å². The topological polar surface area (TPSA) is 40.8 Å². The summed E-state index contributed by atoms with van der Waals surface area (Å²) in [5, 5.41) is 14.6. The maximum atomic E-state index is 9.67. The van der Waals surface area contributed by atoms with Crippen molar-refractivity contribution in [2.45, 2.75) is 78.3 Å². The minimum Gasteiger partial charge on any atom is -0.380 e. The number of rotatable bonds is 5. The first-order valence-corrected chi connectivity index (χ1v) is 11.3. The Labute approximate surface area is 180 Å². The molecule has 3 nitrogen and oxygen atoms in total.